The predicted molar refractivity (Wildman–Crippen MR) is 148 cm³/mol. The number of aromatic nitrogens is 1. The van der Waals surface area contributed by atoms with E-state index in [0.717, 1.165) is 35.4 Å². The van der Waals surface area contributed by atoms with Crippen LogP contribution in [0, 0.1) is 0 Å². The first-order chi connectivity index (χ1) is 17.3. The molecule has 0 amide bonds. The molecule has 2 heteroatoms. The van der Waals surface area contributed by atoms with Crippen LogP contribution >= 0.6 is 0 Å². The molecule has 4 aromatic carbocycles. The summed E-state index contributed by atoms with van der Waals surface area (Å²) in [6.45, 7) is 4.48. The van der Waals surface area contributed by atoms with Crippen molar-refractivity contribution in [1.29, 1.82) is 0 Å². The lowest BCUT2D eigenvalue weighted by molar-refractivity contribution is 0.805. The highest BCUT2D eigenvalue weighted by Crippen LogP contribution is 2.40. The minimum absolute atomic E-state index is 0.899. The summed E-state index contributed by atoms with van der Waals surface area (Å²) < 4.78 is 2.21. The average molecular weight is 455 g/mol. The van der Waals surface area contributed by atoms with E-state index in [2.05, 4.69) is 140 Å². The molecule has 0 fully saturated rings. The van der Waals surface area contributed by atoms with Crippen molar-refractivity contribution in [3.8, 4) is 22.4 Å². The van der Waals surface area contributed by atoms with E-state index in [-0.39, 0.29) is 0 Å². The van der Waals surface area contributed by atoms with Gasteiger partial charge in [-0.25, -0.2) is 4.68 Å². The zero-order chi connectivity index (χ0) is 24.0. The predicted octanol–water partition coefficient (Wildman–Crippen LogP) is 8.25. The minimum atomic E-state index is 0.899. The summed E-state index contributed by atoms with van der Waals surface area (Å²) in [6.07, 6.45) is 1.85. The van der Waals surface area contributed by atoms with E-state index in [1.165, 1.54) is 27.9 Å². The minimum Gasteiger partial charge on any atom is -0.236 e. The summed E-state index contributed by atoms with van der Waals surface area (Å²) in [5.74, 6) is 0. The van der Waals surface area contributed by atoms with Gasteiger partial charge >= 0.3 is 0 Å². The summed E-state index contributed by atoms with van der Waals surface area (Å²) in [5.41, 5.74) is 10.6. The van der Waals surface area contributed by atoms with Crippen LogP contribution in [0.3, 0.4) is 0 Å². The van der Waals surface area contributed by atoms with Gasteiger partial charge in [-0.1, -0.05) is 135 Å². The maximum Gasteiger partial charge on any atom is 0.0984 e. The monoisotopic (exact) mass is 454 g/mol. The molecule has 0 unspecified atom stereocenters. The maximum absolute atomic E-state index is 5.43. The zero-order valence-electron chi connectivity index (χ0n) is 20.4. The summed E-state index contributed by atoms with van der Waals surface area (Å²) >= 11 is 0. The van der Waals surface area contributed by atoms with Crippen molar-refractivity contribution in [3.05, 3.63) is 144 Å². The van der Waals surface area contributed by atoms with Crippen LogP contribution in [0.25, 0.3) is 22.4 Å². The van der Waals surface area contributed by atoms with Gasteiger partial charge in [0.2, 0.25) is 0 Å². The molecule has 5 aromatic rings. The third-order valence-corrected chi connectivity index (χ3v) is 6.45. The Morgan fingerprint density at radius 2 is 1.03 bits per heavy atom. The van der Waals surface area contributed by atoms with Gasteiger partial charge in [0, 0.05) is 27.9 Å². The molecule has 0 saturated heterocycles. The fourth-order valence-corrected chi connectivity index (χ4v) is 4.86. The molecule has 5 rings (SSSR count). The summed E-state index contributed by atoms with van der Waals surface area (Å²) in [5, 5.41) is 5.43. The lowest BCUT2D eigenvalue weighted by Crippen LogP contribution is -2.09. The highest BCUT2D eigenvalue weighted by Gasteiger charge is 2.24. The van der Waals surface area contributed by atoms with Crippen molar-refractivity contribution in [3.63, 3.8) is 0 Å². The lowest BCUT2D eigenvalue weighted by atomic mass is 9.95. The second-order valence-electron chi connectivity index (χ2n) is 8.58. The molecule has 1 aromatic heterocycles. The van der Waals surface area contributed by atoms with Crippen molar-refractivity contribution in [2.75, 3.05) is 0 Å². The Bertz CT molecular complexity index is 1370. The maximum atomic E-state index is 5.43. The molecule has 0 spiro atoms. The number of hydrogen-bond acceptors (Lipinski definition) is 1. The molecule has 172 valence electrons. The van der Waals surface area contributed by atoms with Crippen LogP contribution in [0.2, 0.25) is 0 Å². The number of hydrogen-bond donors (Lipinski definition) is 0. The highest BCUT2D eigenvalue weighted by atomic mass is 15.4. The highest BCUT2D eigenvalue weighted by molar-refractivity contribution is 6.13. The Kier molecular flexibility index (Phi) is 6.72. The van der Waals surface area contributed by atoms with Gasteiger partial charge in [-0.2, -0.15) is 5.10 Å². The van der Waals surface area contributed by atoms with Crippen LogP contribution in [-0.2, 0) is 12.8 Å². The van der Waals surface area contributed by atoms with E-state index in [0.29, 0.717) is 0 Å². The smallest absolute Gasteiger partial charge is 0.0984 e. The van der Waals surface area contributed by atoms with Gasteiger partial charge in [-0.05, 0) is 24.0 Å². The number of rotatable bonds is 7. The van der Waals surface area contributed by atoms with Gasteiger partial charge < -0.3 is 0 Å². The van der Waals surface area contributed by atoms with Gasteiger partial charge in [0.25, 0.3) is 0 Å². The van der Waals surface area contributed by atoms with Gasteiger partial charge in [0.05, 0.1) is 11.4 Å². The number of nitrogens with zero attached hydrogens (tertiary/aromatic N) is 2. The molecule has 35 heavy (non-hydrogen) atoms. The van der Waals surface area contributed by atoms with E-state index in [4.69, 9.17) is 5.10 Å². The topological polar surface area (TPSA) is 17.3 Å². The molecule has 1 heterocycles. The summed E-state index contributed by atoms with van der Waals surface area (Å²) in [6, 6.07) is 42.4. The van der Waals surface area contributed by atoms with Crippen molar-refractivity contribution >= 4 is 5.71 Å². The van der Waals surface area contributed by atoms with E-state index >= 15 is 0 Å². The summed E-state index contributed by atoms with van der Waals surface area (Å²) in [7, 11) is 0. The summed E-state index contributed by atoms with van der Waals surface area (Å²) in [4.78, 5) is 0. The van der Waals surface area contributed by atoms with E-state index in [9.17, 15) is 0 Å². The second-order valence-corrected chi connectivity index (χ2v) is 8.58. The van der Waals surface area contributed by atoms with Crippen LogP contribution < -0.4 is 0 Å². The largest absolute Gasteiger partial charge is 0.236 e. The van der Waals surface area contributed by atoms with Gasteiger partial charge in [0.15, 0.2) is 0 Å². The molecular weight excluding hydrogens is 424 g/mol. The van der Waals surface area contributed by atoms with Crippen LogP contribution in [0.1, 0.15) is 36.2 Å². The van der Waals surface area contributed by atoms with Gasteiger partial charge in [-0.15, -0.1) is 0 Å². The van der Waals surface area contributed by atoms with Crippen molar-refractivity contribution in [2.45, 2.75) is 26.7 Å². The number of benzene rings is 4. The Morgan fingerprint density at radius 1 is 0.571 bits per heavy atom. The molecule has 0 atom stereocenters. The van der Waals surface area contributed by atoms with E-state index < -0.39 is 0 Å². The first-order valence-electron chi connectivity index (χ1n) is 12.4. The molecule has 0 N–H and O–H groups in total. The Labute approximate surface area is 208 Å². The average Bonchev–Trinajstić information content (AvgIpc) is 3.26. The normalized spacial score (nSPS) is 10.8. The quantitative estimate of drug-likeness (QED) is 0.220. The molecule has 0 aliphatic rings. The molecule has 0 bridgehead atoms. The zero-order valence-corrected chi connectivity index (χ0v) is 20.4. The molecular formula is C33H30N2. The molecule has 0 saturated carbocycles. The van der Waals surface area contributed by atoms with Crippen molar-refractivity contribution in [1.82, 2.24) is 4.68 Å². The standard InChI is InChI=1S/C33H30N2/c1-3-29-30(4-2)35(34-32(26-19-11-6-12-20-26)27-21-13-7-14-22-27)33(28-23-15-8-16-24-28)31(29)25-17-9-5-10-18-25/h5-24H,3-4H2,1-2H3. The molecule has 0 aliphatic heterocycles. The Morgan fingerprint density at radius 3 is 1.49 bits per heavy atom. The first-order valence-corrected chi connectivity index (χ1v) is 12.4. The SMILES string of the molecule is CCc1c(-c2ccccc2)c(-c2ccccc2)n(N=C(c2ccccc2)c2ccccc2)c1CC. The van der Waals surface area contributed by atoms with Crippen LogP contribution in [0.15, 0.2) is 126 Å². The van der Waals surface area contributed by atoms with E-state index in [1.807, 2.05) is 0 Å². The van der Waals surface area contributed by atoms with Crippen LogP contribution in [-0.4, -0.2) is 10.4 Å². The second kappa shape index (κ2) is 10.4. The third kappa shape index (κ3) is 4.48. The lowest BCUT2D eigenvalue weighted by Gasteiger charge is -2.13. The molecule has 2 nitrogen and oxygen atoms in total. The Balaban J connectivity index is 1.88. The fourth-order valence-electron chi connectivity index (χ4n) is 4.86. The fraction of sp³-hybridized carbons (Fsp3) is 0.121. The third-order valence-electron chi connectivity index (χ3n) is 6.45. The Hall–Kier alpha value is -4.17. The molecule has 0 aliphatic carbocycles. The van der Waals surface area contributed by atoms with Crippen LogP contribution in [0.4, 0.5) is 0 Å². The van der Waals surface area contributed by atoms with Crippen LogP contribution in [0.5, 0.6) is 0 Å². The first kappa shape index (κ1) is 22.6. The van der Waals surface area contributed by atoms with Gasteiger partial charge in [-0.3, -0.25) is 0 Å². The van der Waals surface area contributed by atoms with Crippen molar-refractivity contribution in [2.24, 2.45) is 5.10 Å². The molecule has 0 radical (unpaired) electrons. The van der Waals surface area contributed by atoms with Crippen molar-refractivity contribution < 1.29 is 0 Å². The van der Waals surface area contributed by atoms with E-state index in [1.54, 1.807) is 0 Å². The van der Waals surface area contributed by atoms with Gasteiger partial charge in [0.1, 0.15) is 0 Å².